The smallest absolute Gasteiger partial charge is 0.127 e. The Morgan fingerprint density at radius 2 is 1.41 bits per heavy atom. The van der Waals surface area contributed by atoms with E-state index >= 15 is 0 Å². The third-order valence-electron chi connectivity index (χ3n) is 6.68. The monoisotopic (exact) mass is 304 g/mol. The largest absolute Gasteiger partial charge is 0.240 e. The third kappa shape index (κ3) is 3.66. The van der Waals surface area contributed by atoms with Gasteiger partial charge in [0.15, 0.2) is 0 Å². The summed E-state index contributed by atoms with van der Waals surface area (Å²) in [5.74, 6) is 3.68. The van der Waals surface area contributed by atoms with Crippen molar-refractivity contribution in [3.63, 3.8) is 0 Å². The fourth-order valence-electron chi connectivity index (χ4n) is 4.95. The SMILES string of the molecule is CC1CCC(C2CCC(C3=CC=C(C(C)(C)F)C3)CC2)CC1. The second-order valence-electron chi connectivity index (χ2n) is 8.71. The van der Waals surface area contributed by atoms with Crippen molar-refractivity contribution < 1.29 is 4.39 Å². The van der Waals surface area contributed by atoms with Crippen LogP contribution in [0.3, 0.4) is 0 Å². The van der Waals surface area contributed by atoms with Crippen LogP contribution in [0.25, 0.3) is 0 Å². The molecule has 0 N–H and O–H groups in total. The van der Waals surface area contributed by atoms with Gasteiger partial charge in [0.2, 0.25) is 0 Å². The van der Waals surface area contributed by atoms with Crippen molar-refractivity contribution in [1.29, 1.82) is 0 Å². The van der Waals surface area contributed by atoms with Gasteiger partial charge in [-0.15, -0.1) is 0 Å². The van der Waals surface area contributed by atoms with Gasteiger partial charge in [0, 0.05) is 0 Å². The Hall–Kier alpha value is -0.590. The molecule has 0 aromatic rings. The van der Waals surface area contributed by atoms with Crippen LogP contribution in [-0.4, -0.2) is 5.67 Å². The molecule has 2 saturated carbocycles. The van der Waals surface area contributed by atoms with Crippen molar-refractivity contribution in [3.8, 4) is 0 Å². The summed E-state index contributed by atoms with van der Waals surface area (Å²) in [6.07, 6.45) is 16.5. The Labute approximate surface area is 136 Å². The maximum absolute atomic E-state index is 14.1. The lowest BCUT2D eigenvalue weighted by Crippen LogP contribution is -2.26. The van der Waals surface area contributed by atoms with E-state index in [1.54, 1.807) is 13.8 Å². The summed E-state index contributed by atoms with van der Waals surface area (Å²) in [6.45, 7) is 5.80. The zero-order valence-electron chi connectivity index (χ0n) is 14.7. The second-order valence-corrected chi connectivity index (χ2v) is 8.71. The highest BCUT2D eigenvalue weighted by Crippen LogP contribution is 2.45. The van der Waals surface area contributed by atoms with Crippen molar-refractivity contribution in [2.75, 3.05) is 0 Å². The van der Waals surface area contributed by atoms with Gasteiger partial charge in [-0.25, -0.2) is 4.39 Å². The van der Waals surface area contributed by atoms with E-state index in [4.69, 9.17) is 0 Å². The summed E-state index contributed by atoms with van der Waals surface area (Å²) in [6, 6.07) is 0. The van der Waals surface area contributed by atoms with Crippen LogP contribution in [0.15, 0.2) is 23.3 Å². The molecule has 3 aliphatic carbocycles. The van der Waals surface area contributed by atoms with Gasteiger partial charge in [-0.2, -0.15) is 0 Å². The fourth-order valence-corrected chi connectivity index (χ4v) is 4.95. The first-order chi connectivity index (χ1) is 10.4. The fraction of sp³-hybridized carbons (Fsp3) is 0.810. The van der Waals surface area contributed by atoms with Crippen LogP contribution in [0.1, 0.15) is 78.6 Å². The van der Waals surface area contributed by atoms with Gasteiger partial charge in [-0.05, 0) is 88.0 Å². The van der Waals surface area contributed by atoms with Gasteiger partial charge < -0.3 is 0 Å². The number of alkyl halides is 1. The first kappa shape index (κ1) is 16.3. The molecule has 0 amide bonds. The van der Waals surface area contributed by atoms with Crippen LogP contribution in [-0.2, 0) is 0 Å². The zero-order chi connectivity index (χ0) is 15.7. The molecule has 0 nitrogen and oxygen atoms in total. The van der Waals surface area contributed by atoms with E-state index < -0.39 is 5.67 Å². The van der Waals surface area contributed by atoms with E-state index in [0.29, 0.717) is 0 Å². The maximum Gasteiger partial charge on any atom is 0.127 e. The van der Waals surface area contributed by atoms with Gasteiger partial charge >= 0.3 is 0 Å². The van der Waals surface area contributed by atoms with Crippen LogP contribution in [0.4, 0.5) is 4.39 Å². The normalized spacial score (nSPS) is 36.9. The number of hydrogen-bond acceptors (Lipinski definition) is 0. The molecule has 0 saturated heterocycles. The van der Waals surface area contributed by atoms with Gasteiger partial charge in [0.25, 0.3) is 0 Å². The topological polar surface area (TPSA) is 0 Å². The number of hydrogen-bond donors (Lipinski definition) is 0. The summed E-state index contributed by atoms with van der Waals surface area (Å²) in [5.41, 5.74) is 1.34. The predicted molar refractivity (Wildman–Crippen MR) is 92.5 cm³/mol. The Kier molecular flexibility index (Phi) is 4.80. The summed E-state index contributed by atoms with van der Waals surface area (Å²) < 4.78 is 14.1. The summed E-state index contributed by atoms with van der Waals surface area (Å²) in [5, 5.41) is 0. The van der Waals surface area contributed by atoms with Crippen LogP contribution in [0, 0.1) is 23.7 Å². The Balaban J connectivity index is 1.47. The van der Waals surface area contributed by atoms with Crippen molar-refractivity contribution in [2.24, 2.45) is 23.7 Å². The summed E-state index contributed by atoms with van der Waals surface area (Å²) in [4.78, 5) is 0. The lowest BCUT2D eigenvalue weighted by Gasteiger charge is -2.37. The molecule has 0 bridgehead atoms. The molecule has 0 aromatic carbocycles. The van der Waals surface area contributed by atoms with Gasteiger partial charge in [-0.1, -0.05) is 37.5 Å². The van der Waals surface area contributed by atoms with Gasteiger partial charge in [0.05, 0.1) is 0 Å². The van der Waals surface area contributed by atoms with E-state index in [-0.39, 0.29) is 0 Å². The maximum atomic E-state index is 14.1. The first-order valence-electron chi connectivity index (χ1n) is 9.52. The Morgan fingerprint density at radius 1 is 0.864 bits per heavy atom. The molecule has 3 aliphatic rings. The second kappa shape index (κ2) is 6.49. The Bertz CT molecular complexity index is 435. The average Bonchev–Trinajstić information content (AvgIpc) is 2.98. The standard InChI is InChI=1S/C21H33F/c1-15-4-6-16(7-5-15)17-8-10-18(11-9-17)19-12-13-20(14-19)21(2,3)22/h12-13,15-18H,4-11,14H2,1-3H3. The molecule has 0 atom stereocenters. The Morgan fingerprint density at radius 3 is 1.91 bits per heavy atom. The van der Waals surface area contributed by atoms with E-state index in [0.717, 1.165) is 35.7 Å². The molecular formula is C21H33F. The highest BCUT2D eigenvalue weighted by molar-refractivity contribution is 5.36. The molecule has 2 fully saturated rings. The molecule has 0 radical (unpaired) electrons. The number of allylic oxidation sites excluding steroid dienone is 4. The van der Waals surface area contributed by atoms with Crippen LogP contribution >= 0.6 is 0 Å². The molecule has 22 heavy (non-hydrogen) atoms. The lowest BCUT2D eigenvalue weighted by molar-refractivity contribution is 0.157. The average molecular weight is 304 g/mol. The van der Waals surface area contributed by atoms with Crippen LogP contribution in [0.5, 0.6) is 0 Å². The third-order valence-corrected chi connectivity index (χ3v) is 6.68. The van der Waals surface area contributed by atoms with Gasteiger partial charge in [-0.3, -0.25) is 0 Å². The van der Waals surface area contributed by atoms with Crippen molar-refractivity contribution in [3.05, 3.63) is 23.3 Å². The molecule has 0 unspecified atom stereocenters. The van der Waals surface area contributed by atoms with Crippen molar-refractivity contribution in [1.82, 2.24) is 0 Å². The minimum absolute atomic E-state index is 0.731. The van der Waals surface area contributed by atoms with Crippen molar-refractivity contribution in [2.45, 2.75) is 84.2 Å². The van der Waals surface area contributed by atoms with E-state index in [1.165, 1.54) is 56.9 Å². The molecule has 124 valence electrons. The van der Waals surface area contributed by atoms with E-state index in [9.17, 15) is 4.39 Å². The predicted octanol–water partition coefficient (Wildman–Crippen LogP) is 6.62. The molecule has 0 aliphatic heterocycles. The zero-order valence-corrected chi connectivity index (χ0v) is 14.7. The minimum Gasteiger partial charge on any atom is -0.240 e. The van der Waals surface area contributed by atoms with E-state index in [1.807, 2.05) is 6.08 Å². The number of halogens is 1. The van der Waals surface area contributed by atoms with E-state index in [2.05, 4.69) is 13.0 Å². The first-order valence-corrected chi connectivity index (χ1v) is 9.52. The lowest BCUT2D eigenvalue weighted by atomic mass is 9.68. The highest BCUT2D eigenvalue weighted by atomic mass is 19.1. The molecule has 0 heterocycles. The van der Waals surface area contributed by atoms with Crippen molar-refractivity contribution >= 4 is 0 Å². The summed E-state index contributed by atoms with van der Waals surface area (Å²) in [7, 11) is 0. The molecule has 1 heteroatoms. The number of rotatable bonds is 3. The highest BCUT2D eigenvalue weighted by Gasteiger charge is 2.33. The van der Waals surface area contributed by atoms with Gasteiger partial charge in [0.1, 0.15) is 5.67 Å². The molecule has 3 rings (SSSR count). The quantitative estimate of drug-likeness (QED) is 0.549. The summed E-state index contributed by atoms with van der Waals surface area (Å²) >= 11 is 0. The molecule has 0 spiro atoms. The molecule has 0 aromatic heterocycles. The van der Waals surface area contributed by atoms with Crippen LogP contribution < -0.4 is 0 Å². The molecular weight excluding hydrogens is 271 g/mol. The van der Waals surface area contributed by atoms with Crippen LogP contribution in [0.2, 0.25) is 0 Å². The minimum atomic E-state index is -1.14.